The van der Waals surface area contributed by atoms with Crippen LogP contribution in [0.1, 0.15) is 35.8 Å². The van der Waals surface area contributed by atoms with E-state index in [2.05, 4.69) is 25.8 Å². The lowest BCUT2D eigenvalue weighted by molar-refractivity contribution is -0.116. The first-order chi connectivity index (χ1) is 14.8. The molecule has 0 saturated carbocycles. The number of hydrogen-bond donors (Lipinski definition) is 2. The molecule has 1 atom stereocenters. The van der Waals surface area contributed by atoms with Gasteiger partial charge in [0.25, 0.3) is 0 Å². The molecule has 10 heteroatoms. The number of anilines is 2. The fourth-order valence-electron chi connectivity index (χ4n) is 2.84. The molecule has 2 heterocycles. The second-order valence-electron chi connectivity index (χ2n) is 7.10. The van der Waals surface area contributed by atoms with Crippen LogP contribution in [-0.2, 0) is 29.5 Å². The molecule has 1 unspecified atom stereocenters. The summed E-state index contributed by atoms with van der Waals surface area (Å²) >= 11 is 2.74. The Kier molecular flexibility index (Phi) is 7.45. The van der Waals surface area contributed by atoms with Gasteiger partial charge in [0, 0.05) is 17.6 Å². The molecule has 8 nitrogen and oxygen atoms in total. The number of para-hydroxylation sites is 1. The van der Waals surface area contributed by atoms with Crippen LogP contribution in [0.25, 0.3) is 0 Å². The zero-order chi connectivity index (χ0) is 22.5. The molecule has 3 rings (SSSR count). The topological polar surface area (TPSA) is 102 Å². The Morgan fingerprint density at radius 3 is 2.61 bits per heavy atom. The van der Waals surface area contributed by atoms with Crippen molar-refractivity contribution in [2.75, 3.05) is 10.6 Å². The Hall–Kier alpha value is -2.72. The molecule has 0 spiro atoms. The van der Waals surface area contributed by atoms with Crippen molar-refractivity contribution < 1.29 is 9.59 Å². The van der Waals surface area contributed by atoms with Gasteiger partial charge in [0.15, 0.2) is 10.3 Å². The lowest BCUT2D eigenvalue weighted by atomic mass is 10.1. The van der Waals surface area contributed by atoms with E-state index in [9.17, 15) is 9.59 Å². The molecular formula is C21H26N6O2S2. The summed E-state index contributed by atoms with van der Waals surface area (Å²) in [7, 11) is 1.79. The van der Waals surface area contributed by atoms with E-state index in [-0.39, 0.29) is 18.2 Å². The van der Waals surface area contributed by atoms with Gasteiger partial charge in [-0.1, -0.05) is 36.9 Å². The summed E-state index contributed by atoms with van der Waals surface area (Å²) in [6, 6.07) is 7.73. The average molecular weight is 459 g/mol. The predicted molar refractivity (Wildman–Crippen MR) is 125 cm³/mol. The highest BCUT2D eigenvalue weighted by molar-refractivity contribution is 8.00. The van der Waals surface area contributed by atoms with Crippen molar-refractivity contribution >= 4 is 45.7 Å². The highest BCUT2D eigenvalue weighted by atomic mass is 32.2. The van der Waals surface area contributed by atoms with E-state index in [0.29, 0.717) is 16.1 Å². The second-order valence-corrected chi connectivity index (χ2v) is 9.61. The molecule has 0 bridgehead atoms. The second kappa shape index (κ2) is 10.1. The number of hydrogen-bond acceptors (Lipinski definition) is 7. The van der Waals surface area contributed by atoms with Crippen LogP contribution in [0, 0.1) is 13.8 Å². The van der Waals surface area contributed by atoms with Gasteiger partial charge in [0.05, 0.1) is 17.4 Å². The molecule has 0 aliphatic heterocycles. The zero-order valence-electron chi connectivity index (χ0n) is 18.2. The van der Waals surface area contributed by atoms with E-state index in [1.54, 1.807) is 18.5 Å². The molecule has 0 saturated heterocycles. The fourth-order valence-corrected chi connectivity index (χ4v) is 4.49. The Morgan fingerprint density at radius 2 is 1.94 bits per heavy atom. The Bertz CT molecular complexity index is 1070. The number of thioether (sulfide) groups is 1. The number of benzene rings is 1. The number of rotatable bonds is 8. The molecule has 2 aromatic heterocycles. The standard InChI is InChI=1S/C21H26N6O2S2/c1-6-15-9-7-8-10-16(15)23-18(28)11-17-25-26-21(27(17)5)31-14(4)19(29)24-20-22-12(2)13(3)30-20/h7-10,14H,6,11H2,1-5H3,(H,23,28)(H,22,24,29). The van der Waals surface area contributed by atoms with Crippen LogP contribution >= 0.6 is 23.1 Å². The van der Waals surface area contributed by atoms with Gasteiger partial charge in [0.2, 0.25) is 11.8 Å². The summed E-state index contributed by atoms with van der Waals surface area (Å²) in [5.74, 6) is 0.221. The number of thiazole rings is 1. The third-order valence-electron chi connectivity index (χ3n) is 4.83. The zero-order valence-corrected chi connectivity index (χ0v) is 19.9. The first-order valence-corrected chi connectivity index (χ1v) is 11.7. The SMILES string of the molecule is CCc1ccccc1NC(=O)Cc1nnc(SC(C)C(=O)Nc2nc(C)c(C)s2)n1C. The van der Waals surface area contributed by atoms with Crippen LogP contribution < -0.4 is 10.6 Å². The summed E-state index contributed by atoms with van der Waals surface area (Å²) in [5.41, 5.74) is 2.80. The van der Waals surface area contributed by atoms with Crippen molar-refractivity contribution in [1.82, 2.24) is 19.7 Å². The van der Waals surface area contributed by atoms with Gasteiger partial charge < -0.3 is 15.2 Å². The summed E-state index contributed by atoms with van der Waals surface area (Å²) < 4.78 is 1.75. The van der Waals surface area contributed by atoms with E-state index in [1.807, 2.05) is 45.0 Å². The van der Waals surface area contributed by atoms with Crippen LogP contribution in [0.2, 0.25) is 0 Å². The van der Waals surface area contributed by atoms with Gasteiger partial charge in [-0.15, -0.1) is 21.5 Å². The van der Waals surface area contributed by atoms with Crippen LogP contribution in [0.4, 0.5) is 10.8 Å². The van der Waals surface area contributed by atoms with E-state index < -0.39 is 5.25 Å². The Balaban J connectivity index is 1.60. The maximum absolute atomic E-state index is 12.5. The first kappa shape index (κ1) is 23.0. The number of nitrogens with zero attached hydrogens (tertiary/aromatic N) is 4. The largest absolute Gasteiger partial charge is 0.325 e. The third kappa shape index (κ3) is 5.71. The van der Waals surface area contributed by atoms with Crippen molar-refractivity contribution in [2.24, 2.45) is 7.05 Å². The molecule has 2 amide bonds. The molecule has 3 aromatic rings. The summed E-state index contributed by atoms with van der Waals surface area (Å²) in [6.07, 6.45) is 0.932. The highest BCUT2D eigenvalue weighted by Crippen LogP contribution is 2.25. The number of aryl methyl sites for hydroxylation is 3. The molecule has 0 radical (unpaired) electrons. The minimum Gasteiger partial charge on any atom is -0.325 e. The van der Waals surface area contributed by atoms with Crippen LogP contribution in [0.3, 0.4) is 0 Å². The Morgan fingerprint density at radius 1 is 1.19 bits per heavy atom. The minimum absolute atomic E-state index is 0.0976. The summed E-state index contributed by atoms with van der Waals surface area (Å²) in [4.78, 5) is 30.4. The van der Waals surface area contributed by atoms with Crippen molar-refractivity contribution in [3.8, 4) is 0 Å². The molecule has 31 heavy (non-hydrogen) atoms. The molecule has 164 valence electrons. The number of aromatic nitrogens is 4. The lowest BCUT2D eigenvalue weighted by Crippen LogP contribution is -2.23. The van der Waals surface area contributed by atoms with Crippen molar-refractivity contribution in [1.29, 1.82) is 0 Å². The number of amides is 2. The van der Waals surface area contributed by atoms with Crippen molar-refractivity contribution in [3.63, 3.8) is 0 Å². The predicted octanol–water partition coefficient (Wildman–Crippen LogP) is 3.75. The number of carbonyl (C=O) groups is 2. The quantitative estimate of drug-likeness (QED) is 0.499. The molecule has 0 fully saturated rings. The van der Waals surface area contributed by atoms with E-state index in [4.69, 9.17) is 0 Å². The molecule has 0 aliphatic rings. The van der Waals surface area contributed by atoms with Crippen LogP contribution in [-0.4, -0.2) is 36.8 Å². The van der Waals surface area contributed by atoms with Gasteiger partial charge in [0.1, 0.15) is 5.82 Å². The minimum atomic E-state index is -0.398. The van der Waals surface area contributed by atoms with Crippen LogP contribution in [0.15, 0.2) is 29.4 Å². The van der Waals surface area contributed by atoms with E-state index in [0.717, 1.165) is 28.2 Å². The normalized spacial score (nSPS) is 11.9. The maximum Gasteiger partial charge on any atom is 0.239 e. The third-order valence-corrected chi connectivity index (χ3v) is 6.95. The monoisotopic (exact) mass is 458 g/mol. The van der Waals surface area contributed by atoms with E-state index in [1.165, 1.54) is 23.1 Å². The lowest BCUT2D eigenvalue weighted by Gasteiger charge is -2.11. The molecule has 1 aromatic carbocycles. The van der Waals surface area contributed by atoms with Gasteiger partial charge in [-0.25, -0.2) is 4.98 Å². The Labute approximate surface area is 189 Å². The van der Waals surface area contributed by atoms with Gasteiger partial charge in [-0.05, 0) is 38.8 Å². The smallest absolute Gasteiger partial charge is 0.239 e. The first-order valence-electron chi connectivity index (χ1n) is 9.96. The van der Waals surface area contributed by atoms with Crippen LogP contribution in [0.5, 0.6) is 0 Å². The van der Waals surface area contributed by atoms with Gasteiger partial charge in [-0.3, -0.25) is 9.59 Å². The van der Waals surface area contributed by atoms with Gasteiger partial charge in [-0.2, -0.15) is 0 Å². The highest BCUT2D eigenvalue weighted by Gasteiger charge is 2.21. The van der Waals surface area contributed by atoms with E-state index >= 15 is 0 Å². The number of carbonyl (C=O) groups excluding carboxylic acids is 2. The number of nitrogens with one attached hydrogen (secondary N) is 2. The van der Waals surface area contributed by atoms with Crippen molar-refractivity contribution in [2.45, 2.75) is 50.9 Å². The average Bonchev–Trinajstić information content (AvgIpc) is 3.23. The maximum atomic E-state index is 12.5. The molecule has 0 aliphatic carbocycles. The van der Waals surface area contributed by atoms with Crippen molar-refractivity contribution in [3.05, 3.63) is 46.2 Å². The fraction of sp³-hybridized carbons (Fsp3) is 0.381. The van der Waals surface area contributed by atoms with Gasteiger partial charge >= 0.3 is 0 Å². The molecule has 2 N–H and O–H groups in total. The summed E-state index contributed by atoms with van der Waals surface area (Å²) in [5, 5.41) is 14.9. The molecular weight excluding hydrogens is 432 g/mol. The summed E-state index contributed by atoms with van der Waals surface area (Å²) in [6.45, 7) is 7.73.